The molecule has 0 saturated carbocycles. The zero-order valence-electron chi connectivity index (χ0n) is 9.55. The van der Waals surface area contributed by atoms with E-state index in [2.05, 4.69) is 9.97 Å². The van der Waals surface area contributed by atoms with E-state index < -0.39 is 0 Å². The van der Waals surface area contributed by atoms with Crippen molar-refractivity contribution in [2.45, 2.75) is 6.54 Å². The Morgan fingerprint density at radius 1 is 1.22 bits per heavy atom. The standard InChI is InChI=1S/C13H11FN4/c14-9-3-1-4-10(7-9)18-12(8-15)17-11-5-2-6-16-13(11)18/h1-7H,8,15H2. The van der Waals surface area contributed by atoms with Gasteiger partial charge in [0.05, 0.1) is 12.2 Å². The second-order valence-electron chi connectivity index (χ2n) is 3.89. The molecular weight excluding hydrogens is 231 g/mol. The van der Waals surface area contributed by atoms with Gasteiger partial charge in [0, 0.05) is 6.20 Å². The summed E-state index contributed by atoms with van der Waals surface area (Å²) >= 11 is 0. The first-order valence-electron chi connectivity index (χ1n) is 5.58. The minimum absolute atomic E-state index is 0.271. The van der Waals surface area contributed by atoms with E-state index in [0.29, 0.717) is 17.2 Å². The first-order valence-corrected chi connectivity index (χ1v) is 5.58. The van der Waals surface area contributed by atoms with E-state index in [1.54, 1.807) is 22.9 Å². The first kappa shape index (κ1) is 10.9. The molecule has 0 bridgehead atoms. The van der Waals surface area contributed by atoms with Crippen LogP contribution in [0.5, 0.6) is 0 Å². The van der Waals surface area contributed by atoms with Crippen LogP contribution >= 0.6 is 0 Å². The molecule has 4 nitrogen and oxygen atoms in total. The largest absolute Gasteiger partial charge is 0.324 e. The van der Waals surface area contributed by atoms with Gasteiger partial charge in [0.15, 0.2) is 5.65 Å². The van der Waals surface area contributed by atoms with E-state index in [0.717, 1.165) is 5.52 Å². The Hall–Kier alpha value is -2.27. The normalized spacial score (nSPS) is 11.0. The Morgan fingerprint density at radius 2 is 2.11 bits per heavy atom. The molecule has 0 aliphatic heterocycles. The maximum atomic E-state index is 13.3. The summed E-state index contributed by atoms with van der Waals surface area (Å²) in [6, 6.07) is 9.97. The number of aromatic nitrogens is 3. The second kappa shape index (κ2) is 4.19. The number of pyridine rings is 1. The van der Waals surface area contributed by atoms with Gasteiger partial charge in [0.25, 0.3) is 0 Å². The summed E-state index contributed by atoms with van der Waals surface area (Å²) in [5, 5.41) is 0. The highest BCUT2D eigenvalue weighted by Gasteiger charge is 2.12. The van der Waals surface area contributed by atoms with Crippen molar-refractivity contribution in [2.75, 3.05) is 0 Å². The van der Waals surface area contributed by atoms with Crippen molar-refractivity contribution in [2.24, 2.45) is 5.73 Å². The molecule has 1 aromatic carbocycles. The molecule has 3 aromatic rings. The topological polar surface area (TPSA) is 56.7 Å². The van der Waals surface area contributed by atoms with Crippen LogP contribution in [-0.2, 0) is 6.54 Å². The number of halogens is 1. The van der Waals surface area contributed by atoms with Gasteiger partial charge < -0.3 is 5.73 Å². The van der Waals surface area contributed by atoms with Gasteiger partial charge in [-0.1, -0.05) is 6.07 Å². The maximum absolute atomic E-state index is 13.3. The molecule has 0 spiro atoms. The van der Waals surface area contributed by atoms with Gasteiger partial charge in [0.1, 0.15) is 17.2 Å². The molecule has 18 heavy (non-hydrogen) atoms. The number of nitrogens with two attached hydrogens (primary N) is 1. The van der Waals surface area contributed by atoms with Gasteiger partial charge in [-0.2, -0.15) is 0 Å². The number of benzene rings is 1. The van der Waals surface area contributed by atoms with Crippen molar-refractivity contribution in [1.82, 2.24) is 14.5 Å². The van der Waals surface area contributed by atoms with Crippen molar-refractivity contribution in [3.05, 3.63) is 54.2 Å². The van der Waals surface area contributed by atoms with Crippen LogP contribution in [0.1, 0.15) is 5.82 Å². The Kier molecular flexibility index (Phi) is 2.53. The predicted molar refractivity (Wildman–Crippen MR) is 66.7 cm³/mol. The molecule has 0 unspecified atom stereocenters. The third-order valence-electron chi connectivity index (χ3n) is 2.73. The van der Waals surface area contributed by atoms with Gasteiger partial charge in [-0.15, -0.1) is 0 Å². The summed E-state index contributed by atoms with van der Waals surface area (Å²) in [6.45, 7) is 0.271. The van der Waals surface area contributed by atoms with E-state index in [1.807, 2.05) is 12.1 Å². The van der Waals surface area contributed by atoms with E-state index in [4.69, 9.17) is 5.73 Å². The fraction of sp³-hybridized carbons (Fsp3) is 0.0769. The van der Waals surface area contributed by atoms with Gasteiger partial charge in [-0.25, -0.2) is 14.4 Å². The lowest BCUT2D eigenvalue weighted by Gasteiger charge is -2.07. The monoisotopic (exact) mass is 242 g/mol. The number of nitrogens with zero attached hydrogens (tertiary/aromatic N) is 3. The van der Waals surface area contributed by atoms with Crippen LogP contribution in [0, 0.1) is 5.82 Å². The minimum atomic E-state index is -0.298. The average Bonchev–Trinajstić information content (AvgIpc) is 2.77. The number of hydrogen-bond acceptors (Lipinski definition) is 3. The van der Waals surface area contributed by atoms with Crippen molar-refractivity contribution in [3.63, 3.8) is 0 Å². The summed E-state index contributed by atoms with van der Waals surface area (Å²) in [6.07, 6.45) is 1.68. The van der Waals surface area contributed by atoms with Crippen LogP contribution in [0.4, 0.5) is 4.39 Å². The van der Waals surface area contributed by atoms with Crippen LogP contribution < -0.4 is 5.73 Å². The third-order valence-corrected chi connectivity index (χ3v) is 2.73. The Balaban J connectivity index is 2.33. The van der Waals surface area contributed by atoms with Gasteiger partial charge in [0.2, 0.25) is 0 Å². The van der Waals surface area contributed by atoms with Crippen LogP contribution in [0.3, 0.4) is 0 Å². The van der Waals surface area contributed by atoms with E-state index >= 15 is 0 Å². The number of hydrogen-bond donors (Lipinski definition) is 1. The molecule has 0 radical (unpaired) electrons. The van der Waals surface area contributed by atoms with Crippen LogP contribution in [-0.4, -0.2) is 14.5 Å². The Labute approximate surface area is 103 Å². The van der Waals surface area contributed by atoms with Crippen LogP contribution in [0.15, 0.2) is 42.6 Å². The van der Waals surface area contributed by atoms with Crippen molar-refractivity contribution in [1.29, 1.82) is 0 Å². The van der Waals surface area contributed by atoms with Crippen LogP contribution in [0.2, 0.25) is 0 Å². The molecule has 0 fully saturated rings. The molecule has 0 aliphatic rings. The van der Waals surface area contributed by atoms with Crippen molar-refractivity contribution in [3.8, 4) is 5.69 Å². The Morgan fingerprint density at radius 3 is 2.89 bits per heavy atom. The lowest BCUT2D eigenvalue weighted by Crippen LogP contribution is -2.07. The summed E-state index contributed by atoms with van der Waals surface area (Å²) in [5.41, 5.74) is 7.80. The molecule has 2 N–H and O–H groups in total. The van der Waals surface area contributed by atoms with Crippen LogP contribution in [0.25, 0.3) is 16.9 Å². The first-order chi connectivity index (χ1) is 8.79. The summed E-state index contributed by atoms with van der Waals surface area (Å²) < 4.78 is 15.1. The highest BCUT2D eigenvalue weighted by atomic mass is 19.1. The molecule has 0 saturated heterocycles. The smallest absolute Gasteiger partial charge is 0.164 e. The van der Waals surface area contributed by atoms with Crippen molar-refractivity contribution < 1.29 is 4.39 Å². The molecule has 3 rings (SSSR count). The molecule has 2 heterocycles. The third kappa shape index (κ3) is 1.65. The predicted octanol–water partition coefficient (Wildman–Crippen LogP) is 2.02. The van der Waals surface area contributed by atoms with E-state index in [1.165, 1.54) is 12.1 Å². The second-order valence-corrected chi connectivity index (χ2v) is 3.89. The lowest BCUT2D eigenvalue weighted by molar-refractivity contribution is 0.626. The molecule has 5 heteroatoms. The van der Waals surface area contributed by atoms with E-state index in [9.17, 15) is 4.39 Å². The maximum Gasteiger partial charge on any atom is 0.164 e. The van der Waals surface area contributed by atoms with E-state index in [-0.39, 0.29) is 12.4 Å². The fourth-order valence-electron chi connectivity index (χ4n) is 1.98. The lowest BCUT2D eigenvalue weighted by atomic mass is 10.3. The average molecular weight is 242 g/mol. The summed E-state index contributed by atoms with van der Waals surface area (Å²) in [4.78, 5) is 8.67. The SMILES string of the molecule is NCc1nc2cccnc2n1-c1cccc(F)c1. The van der Waals surface area contributed by atoms with Crippen molar-refractivity contribution >= 4 is 11.2 Å². The molecule has 2 aromatic heterocycles. The number of fused-ring (bicyclic) bond motifs is 1. The Bertz CT molecular complexity index is 705. The molecular formula is C13H11FN4. The van der Waals surface area contributed by atoms with Gasteiger partial charge in [-0.05, 0) is 30.3 Å². The zero-order valence-corrected chi connectivity index (χ0v) is 9.55. The zero-order chi connectivity index (χ0) is 12.5. The van der Waals surface area contributed by atoms with Gasteiger partial charge in [-0.3, -0.25) is 4.57 Å². The number of imidazole rings is 1. The highest BCUT2D eigenvalue weighted by molar-refractivity contribution is 5.73. The molecule has 0 amide bonds. The number of rotatable bonds is 2. The molecule has 0 atom stereocenters. The van der Waals surface area contributed by atoms with Gasteiger partial charge >= 0.3 is 0 Å². The minimum Gasteiger partial charge on any atom is -0.324 e. The molecule has 0 aliphatic carbocycles. The summed E-state index contributed by atoms with van der Waals surface area (Å²) in [7, 11) is 0. The molecule has 90 valence electrons. The highest BCUT2D eigenvalue weighted by Crippen LogP contribution is 2.19. The quantitative estimate of drug-likeness (QED) is 0.748. The fourth-order valence-corrected chi connectivity index (χ4v) is 1.98. The summed E-state index contributed by atoms with van der Waals surface area (Å²) in [5.74, 6) is 0.363.